The highest BCUT2D eigenvalue weighted by Gasteiger charge is 2.41. The molecule has 0 radical (unpaired) electrons. The first-order chi connectivity index (χ1) is 16.2. The molecule has 34 heavy (non-hydrogen) atoms. The van der Waals surface area contributed by atoms with Gasteiger partial charge in [0.2, 0.25) is 0 Å². The molecule has 2 heterocycles. The zero-order chi connectivity index (χ0) is 24.5. The number of rotatable bonds is 8. The predicted octanol–water partition coefficient (Wildman–Crippen LogP) is 2.84. The molecule has 0 spiro atoms. The zero-order valence-corrected chi connectivity index (χ0v) is 18.8. The normalized spacial score (nSPS) is 14.2. The van der Waals surface area contributed by atoms with Gasteiger partial charge in [0.15, 0.2) is 0 Å². The number of ether oxygens (including phenoxy) is 1. The van der Waals surface area contributed by atoms with Crippen LogP contribution in [0.25, 0.3) is 5.69 Å². The third kappa shape index (κ3) is 4.46. The van der Waals surface area contributed by atoms with E-state index in [1.54, 1.807) is 24.3 Å². The van der Waals surface area contributed by atoms with E-state index in [2.05, 4.69) is 15.2 Å². The summed E-state index contributed by atoms with van der Waals surface area (Å²) in [4.78, 5) is 17.1. The Hall–Kier alpha value is -3.86. The third-order valence-corrected chi connectivity index (χ3v) is 5.51. The molecule has 9 nitrogen and oxygen atoms in total. The molecule has 0 saturated carbocycles. The predicted molar refractivity (Wildman–Crippen MR) is 119 cm³/mol. The molecular formula is C23H24F2N6O3. The monoisotopic (exact) mass is 470 g/mol. The maximum atomic E-state index is 14.8. The standard InChI is InChI=1S/C23H24F2N6O3/c1-15(2)34-19-7-5-18(6-8-19)30-14-28-31(22(30)32)16(3)23(33,11-29-13-26-12-27-29)20-9-4-17(24)10-21(20)25/h4-10,12-16,33H,11H2,1-3H3/t16-,23-/m1/s1. The highest BCUT2D eigenvalue weighted by Crippen LogP contribution is 2.35. The van der Waals surface area contributed by atoms with Crippen molar-refractivity contribution >= 4 is 0 Å². The van der Waals surface area contributed by atoms with Crippen molar-refractivity contribution in [3.8, 4) is 11.4 Å². The average molecular weight is 470 g/mol. The fourth-order valence-corrected chi connectivity index (χ4v) is 3.76. The Labute approximate surface area is 193 Å². The molecule has 0 bridgehead atoms. The minimum atomic E-state index is -2.01. The summed E-state index contributed by atoms with van der Waals surface area (Å²) < 4.78 is 37.6. The van der Waals surface area contributed by atoms with Gasteiger partial charge < -0.3 is 9.84 Å². The summed E-state index contributed by atoms with van der Waals surface area (Å²) in [6, 6.07) is 8.68. The van der Waals surface area contributed by atoms with Crippen molar-refractivity contribution in [3.05, 3.63) is 89.1 Å². The van der Waals surface area contributed by atoms with E-state index in [9.17, 15) is 18.7 Å². The van der Waals surface area contributed by atoms with Gasteiger partial charge in [0.1, 0.15) is 42.0 Å². The van der Waals surface area contributed by atoms with Gasteiger partial charge in [-0.2, -0.15) is 10.2 Å². The van der Waals surface area contributed by atoms with Crippen LogP contribution in [-0.4, -0.2) is 40.3 Å². The summed E-state index contributed by atoms with van der Waals surface area (Å²) in [7, 11) is 0. The first-order valence-corrected chi connectivity index (χ1v) is 10.6. The van der Waals surface area contributed by atoms with E-state index >= 15 is 0 Å². The number of hydrogen-bond acceptors (Lipinski definition) is 6. The summed E-state index contributed by atoms with van der Waals surface area (Å²) in [6.45, 7) is 5.10. The van der Waals surface area contributed by atoms with Crippen LogP contribution >= 0.6 is 0 Å². The molecule has 0 saturated heterocycles. The Morgan fingerprint density at radius 3 is 2.41 bits per heavy atom. The molecule has 1 N–H and O–H groups in total. The van der Waals surface area contributed by atoms with Crippen LogP contribution in [0.4, 0.5) is 8.78 Å². The van der Waals surface area contributed by atoms with Gasteiger partial charge in [0.05, 0.1) is 24.4 Å². The van der Waals surface area contributed by atoms with Crippen molar-refractivity contribution in [3.63, 3.8) is 0 Å². The second-order valence-electron chi connectivity index (χ2n) is 8.21. The Balaban J connectivity index is 1.73. The Kier molecular flexibility index (Phi) is 6.29. The topological polar surface area (TPSA) is 100.0 Å². The quantitative estimate of drug-likeness (QED) is 0.425. The minimum Gasteiger partial charge on any atom is -0.491 e. The molecule has 4 rings (SSSR count). The van der Waals surface area contributed by atoms with E-state index in [0.29, 0.717) is 17.5 Å². The molecule has 2 atom stereocenters. The van der Waals surface area contributed by atoms with Crippen molar-refractivity contribution in [1.82, 2.24) is 29.1 Å². The number of hydrogen-bond donors (Lipinski definition) is 1. The molecule has 0 aliphatic carbocycles. The molecule has 2 aromatic carbocycles. The summed E-state index contributed by atoms with van der Waals surface area (Å²) in [5, 5.41) is 19.8. The Morgan fingerprint density at radius 2 is 1.79 bits per heavy atom. The molecule has 11 heteroatoms. The molecule has 0 fully saturated rings. The highest BCUT2D eigenvalue weighted by molar-refractivity contribution is 5.37. The largest absolute Gasteiger partial charge is 0.491 e. The fraction of sp³-hybridized carbons (Fsp3) is 0.304. The van der Waals surface area contributed by atoms with E-state index in [1.165, 1.54) is 35.2 Å². The van der Waals surface area contributed by atoms with Crippen LogP contribution in [0.2, 0.25) is 0 Å². The van der Waals surface area contributed by atoms with E-state index in [4.69, 9.17) is 4.74 Å². The third-order valence-electron chi connectivity index (χ3n) is 5.51. The number of aromatic nitrogens is 6. The van der Waals surface area contributed by atoms with Crippen LogP contribution in [0.3, 0.4) is 0 Å². The average Bonchev–Trinajstić information content (AvgIpc) is 3.42. The van der Waals surface area contributed by atoms with Crippen molar-refractivity contribution < 1.29 is 18.6 Å². The molecule has 0 amide bonds. The number of aliphatic hydroxyl groups is 1. The number of halogens is 2. The van der Waals surface area contributed by atoms with Gasteiger partial charge in [-0.25, -0.2) is 32.5 Å². The number of benzene rings is 2. The second-order valence-corrected chi connectivity index (χ2v) is 8.21. The van der Waals surface area contributed by atoms with Crippen LogP contribution in [0.1, 0.15) is 32.4 Å². The van der Waals surface area contributed by atoms with Crippen molar-refractivity contribution in [2.24, 2.45) is 0 Å². The van der Waals surface area contributed by atoms with E-state index in [-0.39, 0.29) is 18.2 Å². The van der Waals surface area contributed by atoms with Crippen molar-refractivity contribution in [1.29, 1.82) is 0 Å². The smallest absolute Gasteiger partial charge is 0.350 e. The SMILES string of the molecule is CC(C)Oc1ccc(-n2cnn([C@H](C)[C@](O)(Cn3cncn3)c3ccc(F)cc3F)c2=O)cc1. The lowest BCUT2D eigenvalue weighted by Gasteiger charge is -2.34. The molecule has 0 aliphatic heterocycles. The van der Waals surface area contributed by atoms with Gasteiger partial charge >= 0.3 is 5.69 Å². The van der Waals surface area contributed by atoms with Gasteiger partial charge in [0, 0.05) is 11.6 Å². The zero-order valence-electron chi connectivity index (χ0n) is 18.8. The van der Waals surface area contributed by atoms with E-state index in [0.717, 1.165) is 16.8 Å². The molecular weight excluding hydrogens is 446 g/mol. The molecule has 2 aromatic heterocycles. The fourth-order valence-electron chi connectivity index (χ4n) is 3.76. The molecule has 0 unspecified atom stereocenters. The Morgan fingerprint density at radius 1 is 1.06 bits per heavy atom. The lowest BCUT2D eigenvalue weighted by atomic mass is 9.86. The van der Waals surface area contributed by atoms with Crippen LogP contribution in [0, 0.1) is 11.6 Å². The van der Waals surface area contributed by atoms with Gasteiger partial charge in [0.25, 0.3) is 0 Å². The highest BCUT2D eigenvalue weighted by atomic mass is 19.1. The van der Waals surface area contributed by atoms with Gasteiger partial charge in [-0.05, 0) is 51.1 Å². The van der Waals surface area contributed by atoms with Crippen LogP contribution in [-0.2, 0) is 12.1 Å². The lowest BCUT2D eigenvalue weighted by molar-refractivity contribution is -0.0381. The van der Waals surface area contributed by atoms with E-state index < -0.39 is 29.0 Å². The van der Waals surface area contributed by atoms with Gasteiger partial charge in [-0.3, -0.25) is 0 Å². The maximum absolute atomic E-state index is 14.8. The summed E-state index contributed by atoms with van der Waals surface area (Å²) in [5.74, 6) is -1.09. The summed E-state index contributed by atoms with van der Waals surface area (Å²) in [5.41, 5.74) is -2.23. The van der Waals surface area contributed by atoms with Gasteiger partial charge in [-0.1, -0.05) is 6.07 Å². The van der Waals surface area contributed by atoms with Crippen LogP contribution in [0.5, 0.6) is 5.75 Å². The van der Waals surface area contributed by atoms with Crippen LogP contribution in [0.15, 0.2) is 66.2 Å². The molecule has 4 aromatic rings. The van der Waals surface area contributed by atoms with Crippen LogP contribution < -0.4 is 10.4 Å². The molecule has 178 valence electrons. The number of nitrogens with zero attached hydrogens (tertiary/aromatic N) is 6. The van der Waals surface area contributed by atoms with Crippen molar-refractivity contribution in [2.45, 2.75) is 45.1 Å². The summed E-state index contributed by atoms with van der Waals surface area (Å²) >= 11 is 0. The second kappa shape index (κ2) is 9.18. The van der Waals surface area contributed by atoms with Crippen molar-refractivity contribution in [2.75, 3.05) is 0 Å². The minimum absolute atomic E-state index is 0.00620. The first kappa shape index (κ1) is 23.3. The summed E-state index contributed by atoms with van der Waals surface area (Å²) in [6.07, 6.45) is 3.93. The van der Waals surface area contributed by atoms with Gasteiger partial charge in [-0.15, -0.1) is 0 Å². The Bertz CT molecular complexity index is 1320. The lowest BCUT2D eigenvalue weighted by Crippen LogP contribution is -2.44. The van der Waals surface area contributed by atoms with E-state index in [1.807, 2.05) is 13.8 Å². The maximum Gasteiger partial charge on any atom is 0.350 e. The molecule has 0 aliphatic rings. The first-order valence-electron chi connectivity index (χ1n) is 10.6.